The molecule has 0 bridgehead atoms. The van der Waals surface area contributed by atoms with Gasteiger partial charge in [-0.1, -0.05) is 12.1 Å². The fourth-order valence-electron chi connectivity index (χ4n) is 1.31. The Hall–Kier alpha value is -1.35. The van der Waals surface area contributed by atoms with E-state index in [9.17, 15) is 0 Å². The van der Waals surface area contributed by atoms with Gasteiger partial charge < -0.3 is 0 Å². The van der Waals surface area contributed by atoms with E-state index in [1.807, 2.05) is 19.1 Å². The van der Waals surface area contributed by atoms with Gasteiger partial charge in [0.1, 0.15) is 5.69 Å². The predicted molar refractivity (Wildman–Crippen MR) is 66.2 cm³/mol. The fraction of sp³-hybridized carbons (Fsp3) is 0.0909. The van der Waals surface area contributed by atoms with E-state index in [0.29, 0.717) is 5.56 Å². The smallest absolute Gasteiger partial charge is 0.106 e. The molecule has 0 fully saturated rings. The van der Waals surface area contributed by atoms with E-state index < -0.39 is 0 Å². The van der Waals surface area contributed by atoms with Gasteiger partial charge >= 0.3 is 0 Å². The average Bonchev–Trinajstić information content (AvgIpc) is 2.60. The van der Waals surface area contributed by atoms with Crippen LogP contribution in [-0.2, 0) is 0 Å². The molecule has 4 heteroatoms. The first-order valence-corrected chi connectivity index (χ1v) is 5.51. The number of aromatic nitrogens is 2. The molecule has 1 heterocycles. The highest BCUT2D eigenvalue weighted by atomic mass is 127. The Kier molecular flexibility index (Phi) is 2.73. The molecule has 2 aromatic rings. The Bertz CT molecular complexity index is 520. The van der Waals surface area contributed by atoms with Gasteiger partial charge in [0, 0.05) is 11.3 Å². The van der Waals surface area contributed by atoms with Crippen molar-refractivity contribution in [2.24, 2.45) is 0 Å². The Morgan fingerprint density at radius 1 is 1.33 bits per heavy atom. The van der Waals surface area contributed by atoms with Crippen molar-refractivity contribution in [1.29, 1.82) is 5.26 Å². The SMILES string of the molecule is Cc1[nH]nc(-c2ccc(C#N)cc2)c1I. The van der Waals surface area contributed by atoms with Crippen LogP contribution in [0.1, 0.15) is 11.3 Å². The summed E-state index contributed by atoms with van der Waals surface area (Å²) in [5, 5.41) is 15.9. The first-order chi connectivity index (χ1) is 7.22. The van der Waals surface area contributed by atoms with Crippen molar-refractivity contribution in [2.45, 2.75) is 6.92 Å². The van der Waals surface area contributed by atoms with Crippen molar-refractivity contribution >= 4 is 22.6 Å². The molecule has 0 unspecified atom stereocenters. The topological polar surface area (TPSA) is 52.5 Å². The second-order valence-corrected chi connectivity index (χ2v) is 4.28. The lowest BCUT2D eigenvalue weighted by molar-refractivity contribution is 1.05. The number of nitrogens with zero attached hydrogens (tertiary/aromatic N) is 2. The molecule has 74 valence electrons. The quantitative estimate of drug-likeness (QED) is 0.824. The monoisotopic (exact) mass is 309 g/mol. The summed E-state index contributed by atoms with van der Waals surface area (Å²) in [6, 6.07) is 9.52. The molecule has 3 nitrogen and oxygen atoms in total. The van der Waals surface area contributed by atoms with Crippen LogP contribution in [-0.4, -0.2) is 10.2 Å². The summed E-state index contributed by atoms with van der Waals surface area (Å²) in [5.74, 6) is 0. The summed E-state index contributed by atoms with van der Waals surface area (Å²) in [7, 11) is 0. The summed E-state index contributed by atoms with van der Waals surface area (Å²) in [5.41, 5.74) is 3.70. The summed E-state index contributed by atoms with van der Waals surface area (Å²) in [6.07, 6.45) is 0. The van der Waals surface area contributed by atoms with Crippen LogP contribution in [0.5, 0.6) is 0 Å². The lowest BCUT2D eigenvalue weighted by atomic mass is 10.1. The van der Waals surface area contributed by atoms with Gasteiger partial charge in [0.05, 0.1) is 15.2 Å². The largest absolute Gasteiger partial charge is 0.281 e. The number of H-pyrrole nitrogens is 1. The van der Waals surface area contributed by atoms with E-state index >= 15 is 0 Å². The Labute approximate surface area is 101 Å². The predicted octanol–water partition coefficient (Wildman–Crippen LogP) is 2.86. The van der Waals surface area contributed by atoms with E-state index in [-0.39, 0.29) is 0 Å². The molecule has 0 amide bonds. The van der Waals surface area contributed by atoms with Crippen LogP contribution in [0.3, 0.4) is 0 Å². The number of nitriles is 1. The molecule has 1 aromatic heterocycles. The van der Waals surface area contributed by atoms with E-state index in [1.54, 1.807) is 12.1 Å². The van der Waals surface area contributed by atoms with Gasteiger partial charge in [-0.3, -0.25) is 5.10 Å². The molecule has 2 rings (SSSR count). The van der Waals surface area contributed by atoms with Crippen molar-refractivity contribution < 1.29 is 0 Å². The Morgan fingerprint density at radius 3 is 2.47 bits per heavy atom. The molecule has 0 atom stereocenters. The maximum Gasteiger partial charge on any atom is 0.106 e. The van der Waals surface area contributed by atoms with Crippen LogP contribution < -0.4 is 0 Å². The molecule has 0 spiro atoms. The van der Waals surface area contributed by atoms with Crippen LogP contribution in [0.25, 0.3) is 11.3 Å². The fourth-order valence-corrected chi connectivity index (χ4v) is 1.86. The van der Waals surface area contributed by atoms with E-state index in [4.69, 9.17) is 5.26 Å². The van der Waals surface area contributed by atoms with E-state index in [1.165, 1.54) is 0 Å². The van der Waals surface area contributed by atoms with Gasteiger partial charge in [-0.25, -0.2) is 0 Å². The van der Waals surface area contributed by atoms with Crippen LogP contribution in [0.15, 0.2) is 24.3 Å². The van der Waals surface area contributed by atoms with E-state index in [2.05, 4.69) is 38.9 Å². The number of rotatable bonds is 1. The average molecular weight is 309 g/mol. The van der Waals surface area contributed by atoms with Crippen molar-refractivity contribution in [2.75, 3.05) is 0 Å². The normalized spacial score (nSPS) is 9.93. The number of aromatic amines is 1. The highest BCUT2D eigenvalue weighted by Gasteiger charge is 2.08. The van der Waals surface area contributed by atoms with Crippen molar-refractivity contribution in [3.8, 4) is 17.3 Å². The molecule has 15 heavy (non-hydrogen) atoms. The van der Waals surface area contributed by atoms with E-state index in [0.717, 1.165) is 20.5 Å². The first kappa shape index (κ1) is 10.2. The lowest BCUT2D eigenvalue weighted by Crippen LogP contribution is -1.81. The summed E-state index contributed by atoms with van der Waals surface area (Å²) >= 11 is 2.26. The third-order valence-corrected chi connectivity index (χ3v) is 3.48. The van der Waals surface area contributed by atoms with Crippen LogP contribution in [0.4, 0.5) is 0 Å². The second-order valence-electron chi connectivity index (χ2n) is 3.20. The highest BCUT2D eigenvalue weighted by Crippen LogP contribution is 2.24. The summed E-state index contributed by atoms with van der Waals surface area (Å²) in [4.78, 5) is 0. The number of hydrogen-bond donors (Lipinski definition) is 1. The van der Waals surface area contributed by atoms with Crippen molar-refractivity contribution in [3.63, 3.8) is 0 Å². The van der Waals surface area contributed by atoms with Gasteiger partial charge in [-0.2, -0.15) is 10.4 Å². The number of aryl methyl sites for hydroxylation is 1. The van der Waals surface area contributed by atoms with Gasteiger partial charge in [0.15, 0.2) is 0 Å². The van der Waals surface area contributed by atoms with Gasteiger partial charge in [0.2, 0.25) is 0 Å². The minimum absolute atomic E-state index is 0.668. The minimum Gasteiger partial charge on any atom is -0.281 e. The summed E-state index contributed by atoms with van der Waals surface area (Å²) in [6.45, 7) is 1.99. The lowest BCUT2D eigenvalue weighted by Gasteiger charge is -1.97. The van der Waals surface area contributed by atoms with Crippen molar-refractivity contribution in [3.05, 3.63) is 39.1 Å². The zero-order valence-corrected chi connectivity index (χ0v) is 10.2. The molecule has 1 aromatic carbocycles. The molecule has 0 saturated carbocycles. The molecular formula is C11H8IN3. The maximum absolute atomic E-state index is 8.68. The standard InChI is InChI=1S/C11H8IN3/c1-7-10(12)11(15-14-7)9-4-2-8(6-13)3-5-9/h2-5H,1H3,(H,14,15). The molecule has 0 aliphatic carbocycles. The molecule has 0 aliphatic rings. The first-order valence-electron chi connectivity index (χ1n) is 4.43. The zero-order chi connectivity index (χ0) is 10.8. The second kappa shape index (κ2) is 4.03. The van der Waals surface area contributed by atoms with Gasteiger partial charge in [0.25, 0.3) is 0 Å². The Balaban J connectivity index is 2.47. The van der Waals surface area contributed by atoms with Crippen LogP contribution >= 0.6 is 22.6 Å². The molecule has 1 N–H and O–H groups in total. The van der Waals surface area contributed by atoms with Crippen LogP contribution in [0.2, 0.25) is 0 Å². The third kappa shape index (κ3) is 1.88. The third-order valence-electron chi connectivity index (χ3n) is 2.16. The number of nitrogens with one attached hydrogen (secondary N) is 1. The zero-order valence-electron chi connectivity index (χ0n) is 8.08. The molecule has 0 saturated heterocycles. The minimum atomic E-state index is 0.668. The molecule has 0 radical (unpaired) electrons. The number of benzene rings is 1. The maximum atomic E-state index is 8.68. The van der Waals surface area contributed by atoms with Gasteiger partial charge in [-0.05, 0) is 41.6 Å². The summed E-state index contributed by atoms with van der Waals surface area (Å²) < 4.78 is 1.12. The molecule has 0 aliphatic heterocycles. The van der Waals surface area contributed by atoms with Crippen LogP contribution in [0, 0.1) is 21.8 Å². The van der Waals surface area contributed by atoms with Gasteiger partial charge in [-0.15, -0.1) is 0 Å². The molecular weight excluding hydrogens is 301 g/mol. The highest BCUT2D eigenvalue weighted by molar-refractivity contribution is 14.1. The van der Waals surface area contributed by atoms with Crippen molar-refractivity contribution in [1.82, 2.24) is 10.2 Å². The number of hydrogen-bond acceptors (Lipinski definition) is 2. The number of halogens is 1. The Morgan fingerprint density at radius 2 is 2.00 bits per heavy atom.